The van der Waals surface area contributed by atoms with E-state index < -0.39 is 5.54 Å². The van der Waals surface area contributed by atoms with Gasteiger partial charge in [-0.15, -0.1) is 0 Å². The molecular formula is C20H28N2. The van der Waals surface area contributed by atoms with Crippen LogP contribution in [0.4, 0.5) is 0 Å². The van der Waals surface area contributed by atoms with Gasteiger partial charge in [0.2, 0.25) is 0 Å². The van der Waals surface area contributed by atoms with Crippen LogP contribution in [0.5, 0.6) is 0 Å². The maximum atomic E-state index is 6.75. The van der Waals surface area contributed by atoms with Crippen LogP contribution in [-0.2, 0) is 12.8 Å². The Morgan fingerprint density at radius 1 is 0.682 bits per heavy atom. The Kier molecular flexibility index (Phi) is 5.38. The molecule has 0 radical (unpaired) electrons. The smallest absolute Gasteiger partial charge is 0.0337 e. The maximum Gasteiger partial charge on any atom is 0.0337 e. The molecule has 0 unspecified atom stereocenters. The van der Waals surface area contributed by atoms with Crippen molar-refractivity contribution in [2.45, 2.75) is 50.6 Å². The molecule has 4 N–H and O–H groups in total. The number of aryl methyl sites for hydroxylation is 2. The summed E-state index contributed by atoms with van der Waals surface area (Å²) >= 11 is 0. The van der Waals surface area contributed by atoms with Gasteiger partial charge in [0, 0.05) is 11.1 Å². The predicted molar refractivity (Wildman–Crippen MR) is 94.7 cm³/mol. The van der Waals surface area contributed by atoms with Crippen LogP contribution in [0.25, 0.3) is 0 Å². The molecule has 118 valence electrons. The molecule has 0 saturated carbocycles. The normalized spacial score (nSPS) is 12.4. The molecule has 0 aliphatic heterocycles. The van der Waals surface area contributed by atoms with Gasteiger partial charge in [-0.1, -0.05) is 60.7 Å². The average Bonchev–Trinajstić information content (AvgIpc) is 2.52. The minimum atomic E-state index is -0.406. The van der Waals surface area contributed by atoms with Crippen molar-refractivity contribution in [1.82, 2.24) is 0 Å². The largest absolute Gasteiger partial charge is 0.324 e. The van der Waals surface area contributed by atoms with Crippen LogP contribution in [0.1, 0.15) is 37.8 Å². The zero-order valence-corrected chi connectivity index (χ0v) is 13.8. The number of rotatable bonds is 7. The Hall–Kier alpha value is -1.64. The zero-order valence-electron chi connectivity index (χ0n) is 13.8. The lowest BCUT2D eigenvalue weighted by Gasteiger charge is -2.42. The molecule has 2 aromatic carbocycles. The predicted octanol–water partition coefficient (Wildman–Crippen LogP) is 3.69. The van der Waals surface area contributed by atoms with Gasteiger partial charge in [0.1, 0.15) is 0 Å². The van der Waals surface area contributed by atoms with Crippen LogP contribution in [0, 0.1) is 0 Å². The van der Waals surface area contributed by atoms with Gasteiger partial charge >= 0.3 is 0 Å². The van der Waals surface area contributed by atoms with Crippen molar-refractivity contribution in [3.8, 4) is 0 Å². The number of hydrogen-bond acceptors (Lipinski definition) is 2. The van der Waals surface area contributed by atoms with Crippen LogP contribution < -0.4 is 11.5 Å². The van der Waals surface area contributed by atoms with Crippen LogP contribution >= 0.6 is 0 Å². The Morgan fingerprint density at radius 2 is 1.05 bits per heavy atom. The van der Waals surface area contributed by atoms with Crippen molar-refractivity contribution >= 4 is 0 Å². The molecule has 0 amide bonds. The number of hydrogen-bond donors (Lipinski definition) is 2. The molecule has 0 bridgehead atoms. The van der Waals surface area contributed by atoms with Crippen molar-refractivity contribution < 1.29 is 0 Å². The lowest BCUT2D eigenvalue weighted by atomic mass is 9.73. The summed E-state index contributed by atoms with van der Waals surface area (Å²) in [4.78, 5) is 0. The molecule has 2 heteroatoms. The summed E-state index contributed by atoms with van der Waals surface area (Å²) in [7, 11) is 0. The van der Waals surface area contributed by atoms with Crippen molar-refractivity contribution in [1.29, 1.82) is 0 Å². The fourth-order valence-corrected chi connectivity index (χ4v) is 2.79. The molecule has 0 spiro atoms. The summed E-state index contributed by atoms with van der Waals surface area (Å²) < 4.78 is 0. The van der Waals surface area contributed by atoms with Gasteiger partial charge in [0.25, 0.3) is 0 Å². The summed E-state index contributed by atoms with van der Waals surface area (Å²) in [5.74, 6) is 0. The van der Waals surface area contributed by atoms with Crippen LogP contribution in [0.2, 0.25) is 0 Å². The van der Waals surface area contributed by atoms with Crippen molar-refractivity contribution in [2.24, 2.45) is 11.5 Å². The van der Waals surface area contributed by atoms with E-state index in [-0.39, 0.29) is 5.54 Å². The second kappa shape index (κ2) is 7.08. The van der Waals surface area contributed by atoms with Crippen molar-refractivity contribution in [2.75, 3.05) is 0 Å². The monoisotopic (exact) mass is 296 g/mol. The highest BCUT2D eigenvalue weighted by molar-refractivity contribution is 5.18. The third kappa shape index (κ3) is 4.43. The maximum absolute atomic E-state index is 6.75. The van der Waals surface area contributed by atoms with E-state index in [0.29, 0.717) is 0 Å². The Morgan fingerprint density at radius 3 is 1.36 bits per heavy atom. The van der Waals surface area contributed by atoms with E-state index in [4.69, 9.17) is 11.5 Å². The molecule has 22 heavy (non-hydrogen) atoms. The van der Waals surface area contributed by atoms with Gasteiger partial charge in [-0.3, -0.25) is 0 Å². The first-order valence-electron chi connectivity index (χ1n) is 8.06. The molecule has 0 atom stereocenters. The highest BCUT2D eigenvalue weighted by Gasteiger charge is 2.37. The second-order valence-electron chi connectivity index (χ2n) is 6.85. The Bertz CT molecular complexity index is 512. The number of nitrogens with two attached hydrogens (primary N) is 2. The van der Waals surface area contributed by atoms with Gasteiger partial charge in [0.15, 0.2) is 0 Å². The molecule has 0 heterocycles. The first-order chi connectivity index (χ1) is 10.4. The lowest BCUT2D eigenvalue weighted by Crippen LogP contribution is -2.62. The lowest BCUT2D eigenvalue weighted by molar-refractivity contribution is 0.225. The van der Waals surface area contributed by atoms with E-state index in [2.05, 4.69) is 48.5 Å². The van der Waals surface area contributed by atoms with E-state index >= 15 is 0 Å². The van der Waals surface area contributed by atoms with Crippen molar-refractivity contribution in [3.05, 3.63) is 71.8 Å². The van der Waals surface area contributed by atoms with Crippen LogP contribution in [0.15, 0.2) is 60.7 Å². The standard InChI is InChI=1S/C20H28N2/c1-19(2,21)20(22,15-13-17-9-5-3-6-10-17)16-14-18-11-7-4-8-12-18/h3-12H,13-16,21-22H2,1-2H3. The fourth-order valence-electron chi connectivity index (χ4n) is 2.79. The Labute approximate surface area is 134 Å². The molecule has 2 aromatic rings. The first-order valence-corrected chi connectivity index (χ1v) is 8.06. The van der Waals surface area contributed by atoms with Crippen LogP contribution in [0.3, 0.4) is 0 Å². The Balaban J connectivity index is 2.04. The molecule has 0 aromatic heterocycles. The molecule has 2 nitrogen and oxygen atoms in total. The van der Waals surface area contributed by atoms with Gasteiger partial charge in [-0.2, -0.15) is 0 Å². The van der Waals surface area contributed by atoms with Gasteiger partial charge in [-0.25, -0.2) is 0 Å². The zero-order chi connectivity index (χ0) is 16.1. The summed E-state index contributed by atoms with van der Waals surface area (Å²) in [6.07, 6.45) is 3.72. The van der Waals surface area contributed by atoms with Crippen molar-refractivity contribution in [3.63, 3.8) is 0 Å². The van der Waals surface area contributed by atoms with Gasteiger partial charge in [-0.05, 0) is 50.7 Å². The topological polar surface area (TPSA) is 52.0 Å². The van der Waals surface area contributed by atoms with E-state index in [1.807, 2.05) is 26.0 Å². The summed E-state index contributed by atoms with van der Waals surface area (Å²) in [5.41, 5.74) is 15.0. The summed E-state index contributed by atoms with van der Waals surface area (Å²) in [6, 6.07) is 21.0. The third-order valence-corrected chi connectivity index (χ3v) is 4.69. The molecule has 0 aliphatic rings. The minimum absolute atomic E-state index is 0.376. The van der Waals surface area contributed by atoms with E-state index in [1.54, 1.807) is 0 Å². The first kappa shape index (κ1) is 16.7. The minimum Gasteiger partial charge on any atom is -0.324 e. The molecular weight excluding hydrogens is 268 g/mol. The fraction of sp³-hybridized carbons (Fsp3) is 0.400. The highest BCUT2D eigenvalue weighted by Crippen LogP contribution is 2.28. The average molecular weight is 296 g/mol. The molecule has 0 fully saturated rings. The summed E-state index contributed by atoms with van der Waals surface area (Å²) in [6.45, 7) is 4.09. The van der Waals surface area contributed by atoms with Crippen LogP contribution in [-0.4, -0.2) is 11.1 Å². The quantitative estimate of drug-likeness (QED) is 0.818. The SMILES string of the molecule is CC(C)(N)C(N)(CCc1ccccc1)CCc1ccccc1. The second-order valence-corrected chi connectivity index (χ2v) is 6.85. The van der Waals surface area contributed by atoms with Gasteiger partial charge in [0.05, 0.1) is 0 Å². The number of benzene rings is 2. The van der Waals surface area contributed by atoms with Gasteiger partial charge < -0.3 is 11.5 Å². The van der Waals surface area contributed by atoms with E-state index in [9.17, 15) is 0 Å². The summed E-state index contributed by atoms with van der Waals surface area (Å²) in [5, 5.41) is 0. The highest BCUT2D eigenvalue weighted by atomic mass is 14.9. The molecule has 2 rings (SSSR count). The third-order valence-electron chi connectivity index (χ3n) is 4.69. The van der Waals surface area contributed by atoms with E-state index in [0.717, 1.165) is 25.7 Å². The molecule has 0 saturated heterocycles. The van der Waals surface area contributed by atoms with E-state index in [1.165, 1.54) is 11.1 Å². The molecule has 0 aliphatic carbocycles.